The first-order valence-corrected chi connectivity index (χ1v) is 5.25. The molecule has 0 spiro atoms. The van der Waals surface area contributed by atoms with E-state index >= 15 is 0 Å². The van der Waals surface area contributed by atoms with E-state index < -0.39 is 12.0 Å². The molecule has 90 valence electrons. The van der Waals surface area contributed by atoms with Gasteiger partial charge in [0.2, 0.25) is 5.91 Å². The predicted molar refractivity (Wildman–Crippen MR) is 58.2 cm³/mol. The molecule has 0 aliphatic heterocycles. The molecule has 0 saturated carbocycles. The van der Waals surface area contributed by atoms with E-state index in [1.165, 1.54) is 7.11 Å². The summed E-state index contributed by atoms with van der Waals surface area (Å²) in [7, 11) is 1.26. The Balaban J connectivity index is 4.26. The smallest absolute Gasteiger partial charge is 0.328 e. The zero-order valence-corrected chi connectivity index (χ0v) is 9.95. The van der Waals surface area contributed by atoms with Gasteiger partial charge in [-0.2, -0.15) is 5.26 Å². The fourth-order valence-electron chi connectivity index (χ4n) is 1.22. The predicted octanol–water partition coefficient (Wildman–Crippen LogP) is 0.994. The molecule has 0 unspecified atom stereocenters. The Kier molecular flexibility index (Phi) is 6.93. The van der Waals surface area contributed by atoms with Gasteiger partial charge in [-0.15, -0.1) is 0 Å². The molecule has 0 aromatic heterocycles. The van der Waals surface area contributed by atoms with Crippen LogP contribution in [0.3, 0.4) is 0 Å². The molecule has 0 aliphatic rings. The summed E-state index contributed by atoms with van der Waals surface area (Å²) >= 11 is 0. The maximum Gasteiger partial charge on any atom is 0.328 e. The van der Waals surface area contributed by atoms with Crippen molar-refractivity contribution in [2.24, 2.45) is 5.92 Å². The van der Waals surface area contributed by atoms with Crippen molar-refractivity contribution in [1.29, 1.82) is 5.26 Å². The van der Waals surface area contributed by atoms with Crippen LogP contribution in [0.1, 0.15) is 33.1 Å². The first-order chi connectivity index (χ1) is 7.51. The second kappa shape index (κ2) is 7.69. The van der Waals surface area contributed by atoms with Gasteiger partial charge in [0.05, 0.1) is 13.2 Å². The van der Waals surface area contributed by atoms with Crippen molar-refractivity contribution in [1.82, 2.24) is 5.32 Å². The van der Waals surface area contributed by atoms with Crippen LogP contribution in [0.2, 0.25) is 0 Å². The van der Waals surface area contributed by atoms with Gasteiger partial charge in [-0.25, -0.2) is 4.79 Å². The number of nitrogens with zero attached hydrogens (tertiary/aromatic N) is 1. The summed E-state index contributed by atoms with van der Waals surface area (Å²) in [6.07, 6.45) is 0.856. The monoisotopic (exact) mass is 226 g/mol. The maximum absolute atomic E-state index is 11.4. The molecule has 0 aliphatic carbocycles. The number of nitriles is 1. The highest BCUT2D eigenvalue weighted by Crippen LogP contribution is 2.03. The zero-order valence-electron chi connectivity index (χ0n) is 9.95. The molecule has 1 amide bonds. The van der Waals surface area contributed by atoms with Crippen LogP contribution in [0.25, 0.3) is 0 Å². The van der Waals surface area contributed by atoms with Crippen molar-refractivity contribution in [3.63, 3.8) is 0 Å². The summed E-state index contributed by atoms with van der Waals surface area (Å²) in [6, 6.07) is 1.22. The van der Waals surface area contributed by atoms with Crippen LogP contribution in [-0.4, -0.2) is 25.0 Å². The minimum absolute atomic E-state index is 0.191. The van der Waals surface area contributed by atoms with Crippen LogP contribution < -0.4 is 5.32 Å². The van der Waals surface area contributed by atoms with Gasteiger partial charge in [0.15, 0.2) is 0 Å². The summed E-state index contributed by atoms with van der Waals surface area (Å²) in [5.41, 5.74) is 0. The summed E-state index contributed by atoms with van der Waals surface area (Å²) in [6.45, 7) is 3.84. The second-order valence-electron chi connectivity index (χ2n) is 3.94. The lowest BCUT2D eigenvalue weighted by molar-refractivity contribution is -0.145. The summed E-state index contributed by atoms with van der Waals surface area (Å²) in [5, 5.41) is 11.0. The van der Waals surface area contributed by atoms with Crippen LogP contribution in [0.5, 0.6) is 0 Å². The fraction of sp³-hybridized carbons (Fsp3) is 0.727. The summed E-state index contributed by atoms with van der Waals surface area (Å²) in [4.78, 5) is 22.7. The average Bonchev–Trinajstić information content (AvgIpc) is 2.21. The van der Waals surface area contributed by atoms with Gasteiger partial charge in [0, 0.05) is 12.8 Å². The lowest BCUT2D eigenvalue weighted by Gasteiger charge is -2.15. The molecular weight excluding hydrogens is 208 g/mol. The Hall–Kier alpha value is -1.57. The Morgan fingerprint density at radius 2 is 2.06 bits per heavy atom. The van der Waals surface area contributed by atoms with Gasteiger partial charge in [-0.05, 0) is 12.3 Å². The maximum atomic E-state index is 11.4. The van der Waals surface area contributed by atoms with Crippen molar-refractivity contribution < 1.29 is 14.3 Å². The van der Waals surface area contributed by atoms with E-state index in [1.54, 1.807) is 0 Å². The topological polar surface area (TPSA) is 79.2 Å². The van der Waals surface area contributed by atoms with Crippen molar-refractivity contribution in [2.45, 2.75) is 39.2 Å². The van der Waals surface area contributed by atoms with Gasteiger partial charge < -0.3 is 10.1 Å². The molecule has 0 aromatic carbocycles. The SMILES string of the molecule is COC(=O)[C@@H](CCC#N)NC(=O)CC(C)C. The van der Waals surface area contributed by atoms with Crippen LogP contribution in [-0.2, 0) is 14.3 Å². The highest BCUT2D eigenvalue weighted by Gasteiger charge is 2.21. The van der Waals surface area contributed by atoms with E-state index in [2.05, 4.69) is 10.1 Å². The third-order valence-electron chi connectivity index (χ3n) is 1.96. The van der Waals surface area contributed by atoms with Crippen molar-refractivity contribution in [3.05, 3.63) is 0 Å². The number of rotatable bonds is 6. The molecule has 0 fully saturated rings. The lowest BCUT2D eigenvalue weighted by Crippen LogP contribution is -2.41. The molecule has 0 bridgehead atoms. The Labute approximate surface area is 95.8 Å². The first kappa shape index (κ1) is 14.4. The highest BCUT2D eigenvalue weighted by molar-refractivity contribution is 5.84. The number of esters is 1. The van der Waals surface area contributed by atoms with E-state index in [0.29, 0.717) is 6.42 Å². The van der Waals surface area contributed by atoms with Crippen LogP contribution in [0.15, 0.2) is 0 Å². The normalized spacial score (nSPS) is 11.7. The van der Waals surface area contributed by atoms with E-state index in [0.717, 1.165) is 0 Å². The highest BCUT2D eigenvalue weighted by atomic mass is 16.5. The van der Waals surface area contributed by atoms with Crippen LogP contribution in [0, 0.1) is 17.2 Å². The quantitative estimate of drug-likeness (QED) is 0.685. The van der Waals surface area contributed by atoms with Crippen molar-refractivity contribution in [2.75, 3.05) is 7.11 Å². The second-order valence-corrected chi connectivity index (χ2v) is 3.94. The van der Waals surface area contributed by atoms with Crippen molar-refractivity contribution in [3.8, 4) is 6.07 Å². The van der Waals surface area contributed by atoms with E-state index in [9.17, 15) is 9.59 Å². The third kappa shape index (κ3) is 6.02. The number of amides is 1. The Morgan fingerprint density at radius 3 is 2.50 bits per heavy atom. The number of hydrogen-bond acceptors (Lipinski definition) is 4. The van der Waals surface area contributed by atoms with Gasteiger partial charge >= 0.3 is 5.97 Å². The number of ether oxygens (including phenoxy) is 1. The van der Waals surface area contributed by atoms with Gasteiger partial charge in [0.1, 0.15) is 6.04 Å². The zero-order chi connectivity index (χ0) is 12.6. The minimum atomic E-state index is -0.712. The molecule has 5 heteroatoms. The Morgan fingerprint density at radius 1 is 1.44 bits per heavy atom. The molecule has 1 atom stereocenters. The van der Waals surface area contributed by atoms with Gasteiger partial charge in [0.25, 0.3) is 0 Å². The molecule has 1 N–H and O–H groups in total. The number of nitrogens with one attached hydrogen (secondary N) is 1. The molecule has 0 saturated heterocycles. The fourth-order valence-corrected chi connectivity index (χ4v) is 1.22. The van der Waals surface area contributed by atoms with Gasteiger partial charge in [-0.1, -0.05) is 13.8 Å². The molecule has 0 heterocycles. The number of methoxy groups -OCH3 is 1. The number of carbonyl (C=O) groups excluding carboxylic acids is 2. The molecule has 0 radical (unpaired) electrons. The number of hydrogen-bond donors (Lipinski definition) is 1. The standard InChI is InChI=1S/C11H18N2O3/c1-8(2)7-10(14)13-9(5-4-6-12)11(15)16-3/h8-9H,4-5,7H2,1-3H3,(H,13,14)/t9-/m1/s1. The van der Waals surface area contributed by atoms with Crippen molar-refractivity contribution >= 4 is 11.9 Å². The summed E-state index contributed by atoms with van der Waals surface area (Å²) < 4.78 is 4.55. The molecular formula is C11H18N2O3. The average molecular weight is 226 g/mol. The first-order valence-electron chi connectivity index (χ1n) is 5.25. The minimum Gasteiger partial charge on any atom is -0.467 e. The lowest BCUT2D eigenvalue weighted by atomic mass is 10.1. The van der Waals surface area contributed by atoms with Crippen LogP contribution in [0.4, 0.5) is 0 Å². The molecule has 16 heavy (non-hydrogen) atoms. The molecule has 0 aromatic rings. The summed E-state index contributed by atoms with van der Waals surface area (Å²) in [5.74, 6) is -0.468. The molecule has 0 rings (SSSR count). The Bertz CT molecular complexity index is 281. The van der Waals surface area contributed by atoms with Gasteiger partial charge in [-0.3, -0.25) is 4.79 Å². The van der Waals surface area contributed by atoms with E-state index in [-0.39, 0.29) is 24.7 Å². The third-order valence-corrected chi connectivity index (χ3v) is 1.96. The van der Waals surface area contributed by atoms with Crippen LogP contribution >= 0.6 is 0 Å². The molecule has 5 nitrogen and oxygen atoms in total. The van der Waals surface area contributed by atoms with E-state index in [1.807, 2.05) is 19.9 Å². The number of carbonyl (C=O) groups is 2. The largest absolute Gasteiger partial charge is 0.467 e. The van der Waals surface area contributed by atoms with E-state index in [4.69, 9.17) is 5.26 Å².